The highest BCUT2D eigenvalue weighted by Gasteiger charge is 2.11. The molecule has 0 aliphatic heterocycles. The Morgan fingerprint density at radius 3 is 2.61 bits per heavy atom. The number of hydrogen-bond donors (Lipinski definition) is 2. The van der Waals surface area contributed by atoms with Crippen molar-refractivity contribution in [2.75, 3.05) is 13.1 Å². The van der Waals surface area contributed by atoms with E-state index < -0.39 is 0 Å². The molecule has 1 aromatic heterocycles. The Morgan fingerprint density at radius 1 is 1.39 bits per heavy atom. The summed E-state index contributed by atoms with van der Waals surface area (Å²) in [5.74, 6) is 0.899. The number of rotatable bonds is 4. The van der Waals surface area contributed by atoms with Gasteiger partial charge in [0.25, 0.3) is 0 Å². The zero-order valence-corrected chi connectivity index (χ0v) is 14.5. The van der Waals surface area contributed by atoms with Gasteiger partial charge in [-0.2, -0.15) is 0 Å². The fourth-order valence-corrected chi connectivity index (χ4v) is 3.17. The van der Waals surface area contributed by atoms with E-state index in [2.05, 4.69) is 78.0 Å². The second-order valence-electron chi connectivity index (χ2n) is 5.09. The summed E-state index contributed by atoms with van der Waals surface area (Å²) in [6.45, 7) is 10.2. The first-order valence-corrected chi connectivity index (χ1v) is 8.11. The van der Waals surface area contributed by atoms with Gasteiger partial charge in [-0.15, -0.1) is 11.3 Å². The van der Waals surface area contributed by atoms with Crippen LogP contribution in [0.1, 0.15) is 32.6 Å². The standard InChI is InChI=1S/C13H22IN3S/c1-5-15-12(17-13(2,3)4)16-9-8-10-6-7-11(14)18-10/h6-7H,5,8-9H2,1-4H3,(H2,15,16,17). The van der Waals surface area contributed by atoms with E-state index >= 15 is 0 Å². The lowest BCUT2D eigenvalue weighted by Gasteiger charge is -2.23. The number of aliphatic imine (C=N–C) groups is 1. The van der Waals surface area contributed by atoms with Crippen molar-refractivity contribution in [3.63, 3.8) is 0 Å². The average molecular weight is 379 g/mol. The smallest absolute Gasteiger partial charge is 0.191 e. The van der Waals surface area contributed by atoms with Crippen LogP contribution in [0, 0.1) is 2.88 Å². The molecule has 0 saturated carbocycles. The van der Waals surface area contributed by atoms with Crippen LogP contribution in [0.15, 0.2) is 17.1 Å². The van der Waals surface area contributed by atoms with Crippen molar-refractivity contribution in [3.05, 3.63) is 19.9 Å². The van der Waals surface area contributed by atoms with Crippen LogP contribution < -0.4 is 10.6 Å². The summed E-state index contributed by atoms with van der Waals surface area (Å²) in [5, 5.41) is 6.66. The summed E-state index contributed by atoms with van der Waals surface area (Å²) >= 11 is 4.20. The van der Waals surface area contributed by atoms with E-state index in [1.165, 1.54) is 7.76 Å². The maximum Gasteiger partial charge on any atom is 0.191 e. The van der Waals surface area contributed by atoms with E-state index in [1.54, 1.807) is 0 Å². The van der Waals surface area contributed by atoms with Crippen molar-refractivity contribution >= 4 is 39.9 Å². The Labute approximate surface area is 128 Å². The summed E-state index contributed by atoms with van der Waals surface area (Å²) in [6, 6.07) is 4.34. The molecule has 0 saturated heterocycles. The zero-order chi connectivity index (χ0) is 13.6. The fourth-order valence-electron chi connectivity index (χ4n) is 1.43. The third-order valence-electron chi connectivity index (χ3n) is 2.09. The molecule has 0 amide bonds. The molecule has 0 radical (unpaired) electrons. The summed E-state index contributed by atoms with van der Waals surface area (Å²) in [7, 11) is 0. The molecule has 1 heterocycles. The maximum atomic E-state index is 4.60. The number of guanidine groups is 1. The summed E-state index contributed by atoms with van der Waals surface area (Å²) < 4.78 is 1.34. The highest BCUT2D eigenvalue weighted by Crippen LogP contribution is 2.18. The lowest BCUT2D eigenvalue weighted by atomic mass is 10.1. The second kappa shape index (κ2) is 7.33. The fraction of sp³-hybridized carbons (Fsp3) is 0.615. The maximum absolute atomic E-state index is 4.60. The van der Waals surface area contributed by atoms with Gasteiger partial charge in [-0.25, -0.2) is 0 Å². The molecule has 0 aromatic carbocycles. The van der Waals surface area contributed by atoms with Crippen LogP contribution in [0.4, 0.5) is 0 Å². The molecule has 2 N–H and O–H groups in total. The van der Waals surface area contributed by atoms with E-state index in [1.807, 2.05) is 11.3 Å². The van der Waals surface area contributed by atoms with Gasteiger partial charge in [0, 0.05) is 29.9 Å². The van der Waals surface area contributed by atoms with Gasteiger partial charge < -0.3 is 10.6 Å². The Hall–Kier alpha value is -0.300. The van der Waals surface area contributed by atoms with Crippen LogP contribution in [0.2, 0.25) is 0 Å². The number of nitrogens with one attached hydrogen (secondary N) is 2. The third kappa shape index (κ3) is 6.58. The van der Waals surface area contributed by atoms with E-state index in [9.17, 15) is 0 Å². The molecular weight excluding hydrogens is 357 g/mol. The topological polar surface area (TPSA) is 36.4 Å². The van der Waals surface area contributed by atoms with E-state index in [4.69, 9.17) is 0 Å². The highest BCUT2D eigenvalue weighted by molar-refractivity contribution is 14.1. The molecule has 0 atom stereocenters. The molecule has 0 bridgehead atoms. The molecular formula is C13H22IN3S. The van der Waals surface area contributed by atoms with Gasteiger partial charge in [0.15, 0.2) is 5.96 Å². The minimum absolute atomic E-state index is 0.0410. The summed E-state index contributed by atoms with van der Waals surface area (Å²) in [4.78, 5) is 6.00. The molecule has 5 heteroatoms. The molecule has 18 heavy (non-hydrogen) atoms. The van der Waals surface area contributed by atoms with Crippen molar-refractivity contribution in [2.45, 2.75) is 39.7 Å². The van der Waals surface area contributed by atoms with Crippen molar-refractivity contribution in [2.24, 2.45) is 4.99 Å². The van der Waals surface area contributed by atoms with Crippen molar-refractivity contribution in [3.8, 4) is 0 Å². The monoisotopic (exact) mass is 379 g/mol. The van der Waals surface area contributed by atoms with E-state index in [0.717, 1.165) is 25.5 Å². The van der Waals surface area contributed by atoms with Crippen LogP contribution in [-0.4, -0.2) is 24.6 Å². The minimum atomic E-state index is 0.0410. The van der Waals surface area contributed by atoms with Crippen molar-refractivity contribution in [1.82, 2.24) is 10.6 Å². The summed E-state index contributed by atoms with van der Waals surface area (Å²) in [6.07, 6.45) is 1.01. The predicted molar refractivity (Wildman–Crippen MR) is 89.6 cm³/mol. The van der Waals surface area contributed by atoms with Gasteiger partial charge in [-0.05, 0) is 62.4 Å². The van der Waals surface area contributed by atoms with Crippen LogP contribution >= 0.6 is 33.9 Å². The van der Waals surface area contributed by atoms with Crippen LogP contribution in [0.3, 0.4) is 0 Å². The number of halogens is 1. The van der Waals surface area contributed by atoms with Gasteiger partial charge in [-0.1, -0.05) is 0 Å². The average Bonchev–Trinajstić information content (AvgIpc) is 2.62. The highest BCUT2D eigenvalue weighted by atomic mass is 127. The Bertz CT molecular complexity index is 393. The largest absolute Gasteiger partial charge is 0.357 e. The first kappa shape index (κ1) is 15.8. The molecule has 0 fully saturated rings. The minimum Gasteiger partial charge on any atom is -0.357 e. The van der Waals surface area contributed by atoms with Gasteiger partial charge in [0.05, 0.1) is 2.88 Å². The molecule has 0 spiro atoms. The molecule has 0 unspecified atom stereocenters. The van der Waals surface area contributed by atoms with Crippen LogP contribution in [0.25, 0.3) is 0 Å². The molecule has 0 aliphatic carbocycles. The molecule has 102 valence electrons. The van der Waals surface area contributed by atoms with Crippen molar-refractivity contribution in [1.29, 1.82) is 0 Å². The van der Waals surface area contributed by atoms with Crippen LogP contribution in [0.5, 0.6) is 0 Å². The predicted octanol–water partition coefficient (Wildman–Crippen LogP) is 3.25. The van der Waals surface area contributed by atoms with Gasteiger partial charge >= 0.3 is 0 Å². The Morgan fingerprint density at radius 2 is 2.11 bits per heavy atom. The zero-order valence-electron chi connectivity index (χ0n) is 11.5. The first-order chi connectivity index (χ1) is 8.40. The molecule has 1 aromatic rings. The van der Waals surface area contributed by atoms with Gasteiger partial charge in [0.2, 0.25) is 0 Å². The third-order valence-corrected chi connectivity index (χ3v) is 4.05. The first-order valence-electron chi connectivity index (χ1n) is 6.21. The van der Waals surface area contributed by atoms with Gasteiger partial charge in [-0.3, -0.25) is 4.99 Å². The Kier molecular flexibility index (Phi) is 6.42. The normalized spacial score (nSPS) is 12.6. The molecule has 0 aliphatic rings. The summed E-state index contributed by atoms with van der Waals surface area (Å²) in [5.41, 5.74) is 0.0410. The molecule has 1 rings (SSSR count). The van der Waals surface area contributed by atoms with Gasteiger partial charge in [0.1, 0.15) is 0 Å². The lowest BCUT2D eigenvalue weighted by Crippen LogP contribution is -2.47. The quantitative estimate of drug-likeness (QED) is 0.479. The second-order valence-corrected chi connectivity index (χ2v) is 8.15. The Balaban J connectivity index is 2.49. The van der Waals surface area contributed by atoms with E-state index in [0.29, 0.717) is 0 Å². The number of nitrogens with zero attached hydrogens (tertiary/aromatic N) is 1. The number of thiophene rings is 1. The lowest BCUT2D eigenvalue weighted by molar-refractivity contribution is 0.501. The van der Waals surface area contributed by atoms with Crippen LogP contribution in [-0.2, 0) is 6.42 Å². The number of hydrogen-bond acceptors (Lipinski definition) is 2. The SMILES string of the molecule is CCNC(=NCCc1ccc(I)s1)NC(C)(C)C. The van der Waals surface area contributed by atoms with E-state index in [-0.39, 0.29) is 5.54 Å². The molecule has 3 nitrogen and oxygen atoms in total. The van der Waals surface area contributed by atoms with Crippen molar-refractivity contribution < 1.29 is 0 Å².